The molecule has 12 heteroatoms. The fraction of sp³-hybridized carbons (Fsp3) is 0.683. The monoisotopic (exact) mass is 768 g/mol. The normalized spacial score (nSPS) is 35.2. The van der Waals surface area contributed by atoms with Crippen LogP contribution in [-0.2, 0) is 31.3 Å². The zero-order valence-electron chi connectivity index (χ0n) is 31.8. The van der Waals surface area contributed by atoms with Crippen molar-refractivity contribution >= 4 is 33.2 Å². The number of nitrogens with zero attached hydrogens (tertiary/aromatic N) is 3. The molecule has 6 aliphatic rings. The fourth-order valence-electron chi connectivity index (χ4n) is 10.1. The van der Waals surface area contributed by atoms with Gasteiger partial charge in [0.05, 0.1) is 36.8 Å². The summed E-state index contributed by atoms with van der Waals surface area (Å²) in [5.74, 6) is 1.05. The number of amides is 1. The highest BCUT2D eigenvalue weighted by molar-refractivity contribution is 7.90. The molecule has 2 aliphatic carbocycles. The third-order valence-electron chi connectivity index (χ3n) is 13.9. The molecular formula is C41H57ClN4O6S. The van der Waals surface area contributed by atoms with Crippen LogP contribution < -0.4 is 14.4 Å². The Hall–Kier alpha value is -2.41. The van der Waals surface area contributed by atoms with Gasteiger partial charge in [-0.05, 0) is 125 Å². The predicted molar refractivity (Wildman–Crippen MR) is 207 cm³/mol. The predicted octanol–water partition coefficient (Wildman–Crippen LogP) is 5.71. The van der Waals surface area contributed by atoms with E-state index in [2.05, 4.69) is 45.6 Å². The quantitative estimate of drug-likeness (QED) is 0.421. The highest BCUT2D eigenvalue weighted by Gasteiger charge is 2.47. The number of hydrogen-bond acceptors (Lipinski definition) is 9. The zero-order chi connectivity index (χ0) is 37.1. The molecular weight excluding hydrogens is 712 g/mol. The average molecular weight is 769 g/mol. The van der Waals surface area contributed by atoms with Crippen LogP contribution in [0.25, 0.3) is 0 Å². The first-order chi connectivity index (χ1) is 25.4. The van der Waals surface area contributed by atoms with Crippen LogP contribution in [0.15, 0.2) is 36.4 Å². The van der Waals surface area contributed by atoms with E-state index in [0.717, 1.165) is 94.0 Å². The molecule has 4 aliphatic heterocycles. The molecule has 1 amide bonds. The maximum atomic E-state index is 13.6. The summed E-state index contributed by atoms with van der Waals surface area (Å²) in [6, 6.07) is 12.5. The van der Waals surface area contributed by atoms with E-state index < -0.39 is 21.2 Å². The molecule has 1 spiro atoms. The number of likely N-dealkylation sites (tertiary alicyclic amines) is 1. The van der Waals surface area contributed by atoms with Crippen molar-refractivity contribution in [1.82, 2.24) is 14.5 Å². The van der Waals surface area contributed by atoms with Crippen molar-refractivity contribution < 1.29 is 27.4 Å². The van der Waals surface area contributed by atoms with E-state index in [9.17, 15) is 13.2 Å². The van der Waals surface area contributed by atoms with Gasteiger partial charge in [0.25, 0.3) is 5.91 Å². The van der Waals surface area contributed by atoms with Crippen LogP contribution in [0.3, 0.4) is 0 Å². The Morgan fingerprint density at radius 2 is 1.74 bits per heavy atom. The number of ether oxygens (including phenoxy) is 3. The third-order valence-corrected chi connectivity index (χ3v) is 16.0. The van der Waals surface area contributed by atoms with Crippen molar-refractivity contribution in [2.75, 3.05) is 65.0 Å². The first kappa shape index (κ1) is 37.5. The molecule has 2 saturated heterocycles. The summed E-state index contributed by atoms with van der Waals surface area (Å²) in [5, 5.41) is 0.0301. The van der Waals surface area contributed by atoms with Gasteiger partial charge in [0.1, 0.15) is 5.75 Å². The van der Waals surface area contributed by atoms with Gasteiger partial charge in [0.15, 0.2) is 6.29 Å². The number of carbonyl (C=O) groups is 1. The number of likely N-dealkylation sites (N-methyl/N-ethyl adjacent to an activating group) is 1. The van der Waals surface area contributed by atoms with Crippen molar-refractivity contribution in [3.05, 3.63) is 58.1 Å². The van der Waals surface area contributed by atoms with E-state index in [-0.39, 0.29) is 29.6 Å². The maximum Gasteiger partial charge on any atom is 0.264 e. The molecule has 1 N–H and O–H groups in total. The minimum Gasteiger partial charge on any atom is -0.490 e. The Labute approximate surface area is 320 Å². The van der Waals surface area contributed by atoms with Crippen molar-refractivity contribution in [3.8, 4) is 5.75 Å². The summed E-state index contributed by atoms with van der Waals surface area (Å²) in [6.07, 6.45) is 7.51. The van der Waals surface area contributed by atoms with Crippen LogP contribution in [0, 0.1) is 23.7 Å². The molecule has 2 aromatic rings. The van der Waals surface area contributed by atoms with Crippen LogP contribution >= 0.6 is 11.6 Å². The molecule has 53 heavy (non-hydrogen) atoms. The summed E-state index contributed by atoms with van der Waals surface area (Å²) >= 11 is 6.50. The molecule has 290 valence electrons. The highest BCUT2D eigenvalue weighted by atomic mass is 35.5. The molecule has 2 aromatic carbocycles. The van der Waals surface area contributed by atoms with E-state index in [1.165, 1.54) is 11.1 Å². The van der Waals surface area contributed by atoms with E-state index in [1.54, 1.807) is 13.0 Å². The molecule has 4 heterocycles. The number of sulfonamides is 1. The number of hydrogen-bond donors (Lipinski definition) is 1. The Bertz CT molecular complexity index is 1780. The number of anilines is 1. The van der Waals surface area contributed by atoms with Gasteiger partial charge < -0.3 is 24.0 Å². The van der Waals surface area contributed by atoms with Gasteiger partial charge in [0.2, 0.25) is 10.0 Å². The third kappa shape index (κ3) is 7.35. The number of benzene rings is 2. The van der Waals surface area contributed by atoms with E-state index in [0.29, 0.717) is 43.3 Å². The molecule has 0 radical (unpaired) electrons. The van der Waals surface area contributed by atoms with Crippen LogP contribution in [0.1, 0.15) is 80.3 Å². The summed E-state index contributed by atoms with van der Waals surface area (Å²) in [6.45, 7) is 9.22. The van der Waals surface area contributed by atoms with Crippen LogP contribution in [0.2, 0.25) is 5.02 Å². The molecule has 8 rings (SSSR count). The van der Waals surface area contributed by atoms with Crippen molar-refractivity contribution in [2.45, 2.75) is 94.3 Å². The Morgan fingerprint density at radius 3 is 2.47 bits per heavy atom. The van der Waals surface area contributed by atoms with E-state index in [1.807, 2.05) is 25.1 Å². The first-order valence-corrected chi connectivity index (χ1v) is 21.8. The van der Waals surface area contributed by atoms with Gasteiger partial charge in [0, 0.05) is 54.1 Å². The molecule has 2 bridgehead atoms. The Balaban J connectivity index is 1.11. The second kappa shape index (κ2) is 14.9. The van der Waals surface area contributed by atoms with Crippen molar-refractivity contribution in [2.24, 2.45) is 23.7 Å². The van der Waals surface area contributed by atoms with Gasteiger partial charge in [-0.2, -0.15) is 0 Å². The van der Waals surface area contributed by atoms with E-state index in [4.69, 9.17) is 25.8 Å². The summed E-state index contributed by atoms with van der Waals surface area (Å²) < 4.78 is 49.5. The smallest absolute Gasteiger partial charge is 0.264 e. The van der Waals surface area contributed by atoms with Gasteiger partial charge in [-0.1, -0.05) is 31.0 Å². The fourth-order valence-corrected chi connectivity index (χ4v) is 11.6. The number of aryl methyl sites for hydroxylation is 1. The van der Waals surface area contributed by atoms with Gasteiger partial charge >= 0.3 is 0 Å². The van der Waals surface area contributed by atoms with Crippen LogP contribution in [-0.4, -0.2) is 108 Å². The highest BCUT2D eigenvalue weighted by Crippen LogP contribution is 2.49. The topological polar surface area (TPSA) is 101 Å². The SMILES string of the molecule is C[C@@H]1[C@@H](C)CCC[C@@H](C2OCC(N3CC(N(C)C)C3)CO2)[C@@H]2CC[C@H]2CN2C[C@@]3(CCCc4cc(Cl)ccc43)COc3ccc(cc32)C(=O)NS1(=O)=O. The zero-order valence-corrected chi connectivity index (χ0v) is 33.3. The summed E-state index contributed by atoms with van der Waals surface area (Å²) in [7, 11) is 0.375. The molecule has 0 aromatic heterocycles. The number of fused-ring (bicyclic) bond motifs is 4. The second-order valence-corrected chi connectivity index (χ2v) is 19.8. The lowest BCUT2D eigenvalue weighted by molar-refractivity contribution is -0.248. The summed E-state index contributed by atoms with van der Waals surface area (Å²) in [4.78, 5) is 20.8. The van der Waals surface area contributed by atoms with Crippen molar-refractivity contribution in [3.63, 3.8) is 0 Å². The second-order valence-electron chi connectivity index (χ2n) is 17.3. The molecule has 1 saturated carbocycles. The standard InChI is InChI=1S/C41H57ClN4O6S/c1-26-7-5-9-35(40-50-22-33(23-51-40)45-20-32(21-45)44(3)4)34-13-10-30(34)19-46-24-41(16-6-8-28-17-31(42)12-14-36(28)41)25-52-38-15-11-29(18-37(38)46)39(47)43-53(48,49)27(26)2/h11-12,14-15,17-18,26-27,30,32-35,40H,5-10,13,16,19-25H2,1-4H3,(H,43,47)/t26-,27+,30-,33?,34+,35+,40?,41-/m0/s1. The molecule has 3 fully saturated rings. The van der Waals surface area contributed by atoms with E-state index >= 15 is 0 Å². The largest absolute Gasteiger partial charge is 0.490 e. The lowest BCUT2D eigenvalue weighted by atomic mass is 9.64. The first-order valence-electron chi connectivity index (χ1n) is 19.9. The van der Waals surface area contributed by atoms with Gasteiger partial charge in [-0.3, -0.25) is 9.69 Å². The lowest BCUT2D eigenvalue weighted by Crippen LogP contribution is -2.64. The van der Waals surface area contributed by atoms with Gasteiger partial charge in [-0.15, -0.1) is 0 Å². The Morgan fingerprint density at radius 1 is 0.943 bits per heavy atom. The molecule has 0 unspecified atom stereocenters. The summed E-state index contributed by atoms with van der Waals surface area (Å²) in [5.41, 5.74) is 3.49. The number of rotatable bonds is 3. The average Bonchev–Trinajstić information content (AvgIpc) is 3.24. The minimum atomic E-state index is -3.91. The van der Waals surface area contributed by atoms with Crippen LogP contribution in [0.5, 0.6) is 5.75 Å². The number of carbonyl (C=O) groups excluding carboxylic acids is 1. The van der Waals surface area contributed by atoms with Gasteiger partial charge in [-0.25, -0.2) is 13.1 Å². The number of halogens is 1. The van der Waals surface area contributed by atoms with Crippen LogP contribution in [0.4, 0.5) is 5.69 Å². The molecule has 10 nitrogen and oxygen atoms in total. The maximum absolute atomic E-state index is 13.6. The Kier molecular flexibility index (Phi) is 10.6. The van der Waals surface area contributed by atoms with Crippen molar-refractivity contribution in [1.29, 1.82) is 0 Å². The lowest BCUT2D eigenvalue weighted by Gasteiger charge is -2.51. The molecule has 6 atom stereocenters. The number of nitrogens with one attached hydrogen (secondary N) is 1. The minimum absolute atomic E-state index is 0.125.